The third-order valence-electron chi connectivity index (χ3n) is 3.12. The first-order valence-electron chi connectivity index (χ1n) is 6.86. The lowest BCUT2D eigenvalue weighted by Crippen LogP contribution is -2.41. The lowest BCUT2D eigenvalue weighted by atomic mass is 10.1. The van der Waals surface area contributed by atoms with Gasteiger partial charge in [-0.1, -0.05) is 12.1 Å². The van der Waals surface area contributed by atoms with Gasteiger partial charge in [0.2, 0.25) is 0 Å². The third kappa shape index (κ3) is 6.27. The van der Waals surface area contributed by atoms with Gasteiger partial charge >= 0.3 is 12.0 Å². The topological polar surface area (TPSA) is 72.9 Å². The van der Waals surface area contributed by atoms with Crippen LogP contribution in [0.2, 0.25) is 0 Å². The Balaban J connectivity index is 2.32. The highest BCUT2D eigenvalue weighted by atomic mass is 16.4. The molecule has 0 saturated heterocycles. The summed E-state index contributed by atoms with van der Waals surface area (Å²) in [6.45, 7) is 2.02. The molecule has 0 radical (unpaired) electrons. The molecular formula is C15H23N3O3. The van der Waals surface area contributed by atoms with Crippen LogP contribution in [0.3, 0.4) is 0 Å². The van der Waals surface area contributed by atoms with E-state index < -0.39 is 5.97 Å². The summed E-state index contributed by atoms with van der Waals surface area (Å²) in [6.07, 6.45) is 0.674. The number of carbonyl (C=O) groups excluding carboxylic acids is 1. The zero-order chi connectivity index (χ0) is 15.8. The second kappa shape index (κ2) is 8.26. The molecule has 0 saturated carbocycles. The molecule has 0 bridgehead atoms. The van der Waals surface area contributed by atoms with Gasteiger partial charge in [0.15, 0.2) is 0 Å². The van der Waals surface area contributed by atoms with Crippen molar-refractivity contribution < 1.29 is 14.7 Å². The van der Waals surface area contributed by atoms with Crippen molar-refractivity contribution in [2.75, 3.05) is 40.8 Å². The average Bonchev–Trinajstić information content (AvgIpc) is 2.45. The van der Waals surface area contributed by atoms with Crippen molar-refractivity contribution in [2.45, 2.75) is 6.42 Å². The number of nitrogens with zero attached hydrogens (tertiary/aromatic N) is 2. The number of benzene rings is 1. The number of nitrogens with one attached hydrogen (secondary N) is 1. The minimum absolute atomic E-state index is 0.0981. The number of likely N-dealkylation sites (N-methyl/N-ethyl adjacent to an activating group) is 2. The smallest absolute Gasteiger partial charge is 0.335 e. The maximum absolute atomic E-state index is 11.8. The highest BCUT2D eigenvalue weighted by Crippen LogP contribution is 2.04. The molecule has 0 unspecified atom stereocenters. The summed E-state index contributed by atoms with van der Waals surface area (Å²) in [7, 11) is 5.69. The number of carboxylic acid groups (broad SMARTS) is 1. The first-order chi connectivity index (χ1) is 9.90. The van der Waals surface area contributed by atoms with E-state index in [1.165, 1.54) is 0 Å². The number of aromatic carboxylic acids is 1. The maximum Gasteiger partial charge on any atom is 0.335 e. The summed E-state index contributed by atoms with van der Waals surface area (Å²) in [5.41, 5.74) is 1.27. The number of carboxylic acids is 1. The fourth-order valence-electron chi connectivity index (χ4n) is 1.71. The van der Waals surface area contributed by atoms with E-state index in [9.17, 15) is 9.59 Å². The Kier molecular flexibility index (Phi) is 6.68. The van der Waals surface area contributed by atoms with Crippen LogP contribution in [0.4, 0.5) is 4.79 Å². The van der Waals surface area contributed by atoms with Gasteiger partial charge in [0.25, 0.3) is 0 Å². The summed E-state index contributed by atoms with van der Waals surface area (Å²) in [6, 6.07) is 6.58. The van der Waals surface area contributed by atoms with E-state index in [4.69, 9.17) is 5.11 Å². The minimum atomic E-state index is -0.933. The highest BCUT2D eigenvalue weighted by molar-refractivity contribution is 5.87. The van der Waals surface area contributed by atoms with Crippen LogP contribution in [-0.2, 0) is 6.42 Å². The molecule has 0 aliphatic heterocycles. The zero-order valence-electron chi connectivity index (χ0n) is 12.8. The lowest BCUT2D eigenvalue weighted by Gasteiger charge is -2.20. The normalized spacial score (nSPS) is 10.5. The van der Waals surface area contributed by atoms with Crippen molar-refractivity contribution in [3.05, 3.63) is 35.4 Å². The number of amides is 2. The number of hydrogen-bond donors (Lipinski definition) is 2. The Morgan fingerprint density at radius 2 is 1.71 bits per heavy atom. The molecule has 0 fully saturated rings. The molecule has 2 N–H and O–H groups in total. The summed E-state index contributed by atoms with van der Waals surface area (Å²) >= 11 is 0. The van der Waals surface area contributed by atoms with Gasteiger partial charge < -0.3 is 20.2 Å². The summed E-state index contributed by atoms with van der Waals surface area (Å²) < 4.78 is 0. The van der Waals surface area contributed by atoms with Crippen LogP contribution in [0.5, 0.6) is 0 Å². The van der Waals surface area contributed by atoms with Crippen LogP contribution in [0.1, 0.15) is 15.9 Å². The molecule has 6 heteroatoms. The van der Waals surface area contributed by atoms with Crippen molar-refractivity contribution in [3.63, 3.8) is 0 Å². The molecule has 1 aromatic carbocycles. The first kappa shape index (κ1) is 17.0. The Morgan fingerprint density at radius 1 is 1.10 bits per heavy atom. The molecule has 0 aliphatic carbocycles. The van der Waals surface area contributed by atoms with E-state index >= 15 is 0 Å². The van der Waals surface area contributed by atoms with Gasteiger partial charge in [0, 0.05) is 26.7 Å². The van der Waals surface area contributed by atoms with Crippen molar-refractivity contribution in [1.29, 1.82) is 0 Å². The van der Waals surface area contributed by atoms with Gasteiger partial charge in [-0.05, 0) is 38.2 Å². The van der Waals surface area contributed by atoms with E-state index in [1.807, 2.05) is 19.0 Å². The largest absolute Gasteiger partial charge is 0.478 e. The summed E-state index contributed by atoms with van der Waals surface area (Å²) in [4.78, 5) is 26.2. The molecule has 0 heterocycles. The predicted molar refractivity (Wildman–Crippen MR) is 81.7 cm³/mol. The molecular weight excluding hydrogens is 270 g/mol. The van der Waals surface area contributed by atoms with Gasteiger partial charge in [0.1, 0.15) is 0 Å². The third-order valence-corrected chi connectivity index (χ3v) is 3.12. The van der Waals surface area contributed by atoms with Crippen LogP contribution in [0.25, 0.3) is 0 Å². The molecule has 0 spiro atoms. The molecule has 2 amide bonds. The van der Waals surface area contributed by atoms with Crippen LogP contribution in [0, 0.1) is 0 Å². The molecule has 6 nitrogen and oxygen atoms in total. The summed E-state index contributed by atoms with van der Waals surface area (Å²) in [5, 5.41) is 11.7. The maximum atomic E-state index is 11.8. The van der Waals surface area contributed by atoms with E-state index in [1.54, 1.807) is 36.2 Å². The van der Waals surface area contributed by atoms with E-state index in [0.29, 0.717) is 19.5 Å². The number of hydrogen-bond acceptors (Lipinski definition) is 3. The van der Waals surface area contributed by atoms with E-state index in [-0.39, 0.29) is 11.6 Å². The molecule has 21 heavy (non-hydrogen) atoms. The molecule has 0 aliphatic rings. The van der Waals surface area contributed by atoms with Gasteiger partial charge in [-0.15, -0.1) is 0 Å². The fourth-order valence-corrected chi connectivity index (χ4v) is 1.71. The SMILES string of the molecule is CN(C)CCN(C)C(=O)NCCc1ccc(C(=O)O)cc1. The van der Waals surface area contributed by atoms with Gasteiger partial charge in [-0.3, -0.25) is 0 Å². The first-order valence-corrected chi connectivity index (χ1v) is 6.86. The molecule has 1 rings (SSSR count). The minimum Gasteiger partial charge on any atom is -0.478 e. The van der Waals surface area contributed by atoms with E-state index in [2.05, 4.69) is 5.32 Å². The molecule has 0 aromatic heterocycles. The quantitative estimate of drug-likeness (QED) is 0.790. The zero-order valence-corrected chi connectivity index (χ0v) is 12.8. The standard InChI is InChI=1S/C15H23N3O3/c1-17(2)10-11-18(3)15(21)16-9-8-12-4-6-13(7-5-12)14(19)20/h4-7H,8-11H2,1-3H3,(H,16,21)(H,19,20). The van der Waals surface area contributed by atoms with Gasteiger partial charge in [-0.2, -0.15) is 0 Å². The van der Waals surface area contributed by atoms with Gasteiger partial charge in [-0.25, -0.2) is 9.59 Å². The number of urea groups is 1. The molecule has 0 atom stereocenters. The molecule has 1 aromatic rings. The summed E-state index contributed by atoms with van der Waals surface area (Å²) in [5.74, 6) is -0.933. The lowest BCUT2D eigenvalue weighted by molar-refractivity contribution is 0.0697. The van der Waals surface area contributed by atoms with Crippen LogP contribution < -0.4 is 5.32 Å². The Labute approximate surface area is 125 Å². The van der Waals surface area contributed by atoms with Crippen molar-refractivity contribution in [2.24, 2.45) is 0 Å². The van der Waals surface area contributed by atoms with Crippen molar-refractivity contribution in [1.82, 2.24) is 15.1 Å². The number of rotatable bonds is 7. The fraction of sp³-hybridized carbons (Fsp3) is 0.467. The Bertz CT molecular complexity index is 472. The van der Waals surface area contributed by atoms with Crippen LogP contribution in [-0.4, -0.2) is 67.7 Å². The van der Waals surface area contributed by atoms with Crippen LogP contribution in [0.15, 0.2) is 24.3 Å². The Hall–Kier alpha value is -2.08. The Morgan fingerprint density at radius 3 is 2.24 bits per heavy atom. The van der Waals surface area contributed by atoms with Crippen molar-refractivity contribution in [3.8, 4) is 0 Å². The van der Waals surface area contributed by atoms with E-state index in [0.717, 1.165) is 12.1 Å². The molecule has 116 valence electrons. The van der Waals surface area contributed by atoms with Gasteiger partial charge in [0.05, 0.1) is 5.56 Å². The highest BCUT2D eigenvalue weighted by Gasteiger charge is 2.07. The second-order valence-electron chi connectivity index (χ2n) is 5.21. The van der Waals surface area contributed by atoms with Crippen molar-refractivity contribution >= 4 is 12.0 Å². The number of carbonyl (C=O) groups is 2. The second-order valence-corrected chi connectivity index (χ2v) is 5.21. The van der Waals surface area contributed by atoms with Crippen LogP contribution >= 0.6 is 0 Å². The predicted octanol–water partition coefficient (Wildman–Crippen LogP) is 1.13. The average molecular weight is 293 g/mol. The monoisotopic (exact) mass is 293 g/mol.